The van der Waals surface area contributed by atoms with Gasteiger partial charge in [-0.05, 0) is 55.5 Å². The van der Waals surface area contributed by atoms with Gasteiger partial charge in [-0.3, -0.25) is 0 Å². The number of aryl methyl sites for hydroxylation is 3. The first-order valence-electron chi connectivity index (χ1n) is 8.03. The molecule has 0 amide bonds. The maximum absolute atomic E-state index is 9.86. The van der Waals surface area contributed by atoms with Gasteiger partial charge < -0.3 is 14.3 Å². The third-order valence-corrected chi connectivity index (χ3v) is 4.12. The average Bonchev–Trinajstić information content (AvgIpc) is 3.05. The SMILES string of the molecule is COc1ccc(-c2nc(CCCc3ccccc3C)co2)cc1O. The second-order valence-corrected chi connectivity index (χ2v) is 5.81. The van der Waals surface area contributed by atoms with E-state index in [0.29, 0.717) is 11.6 Å². The van der Waals surface area contributed by atoms with Crippen molar-refractivity contribution in [2.45, 2.75) is 26.2 Å². The summed E-state index contributed by atoms with van der Waals surface area (Å²) in [6.07, 6.45) is 4.59. The molecule has 124 valence electrons. The topological polar surface area (TPSA) is 55.5 Å². The van der Waals surface area contributed by atoms with Crippen LogP contribution in [0, 0.1) is 6.92 Å². The fourth-order valence-electron chi connectivity index (χ4n) is 2.73. The first-order valence-corrected chi connectivity index (χ1v) is 8.03. The second kappa shape index (κ2) is 7.21. The molecule has 3 rings (SSSR count). The summed E-state index contributed by atoms with van der Waals surface area (Å²) in [6, 6.07) is 13.6. The molecule has 0 aliphatic heterocycles. The molecule has 0 aliphatic carbocycles. The Balaban J connectivity index is 1.63. The number of hydrogen-bond acceptors (Lipinski definition) is 4. The van der Waals surface area contributed by atoms with Gasteiger partial charge in [0.2, 0.25) is 5.89 Å². The van der Waals surface area contributed by atoms with Crippen LogP contribution in [0.2, 0.25) is 0 Å². The van der Waals surface area contributed by atoms with E-state index in [0.717, 1.165) is 30.5 Å². The highest BCUT2D eigenvalue weighted by atomic mass is 16.5. The number of benzene rings is 2. The molecule has 0 atom stereocenters. The van der Waals surface area contributed by atoms with E-state index >= 15 is 0 Å². The minimum absolute atomic E-state index is 0.0781. The van der Waals surface area contributed by atoms with Crippen molar-refractivity contribution in [2.24, 2.45) is 0 Å². The van der Waals surface area contributed by atoms with Crippen molar-refractivity contribution in [3.63, 3.8) is 0 Å². The quantitative estimate of drug-likeness (QED) is 0.723. The highest BCUT2D eigenvalue weighted by Gasteiger charge is 2.10. The van der Waals surface area contributed by atoms with Crippen molar-refractivity contribution in [3.05, 3.63) is 65.5 Å². The molecule has 0 spiro atoms. The van der Waals surface area contributed by atoms with Crippen LogP contribution in [-0.2, 0) is 12.8 Å². The Bertz CT molecular complexity index is 823. The average molecular weight is 323 g/mol. The first-order chi connectivity index (χ1) is 11.7. The Kier molecular flexibility index (Phi) is 4.85. The third kappa shape index (κ3) is 3.59. The number of rotatable bonds is 6. The Hall–Kier alpha value is -2.75. The number of oxazole rings is 1. The minimum Gasteiger partial charge on any atom is -0.504 e. The molecule has 0 bridgehead atoms. The van der Waals surface area contributed by atoms with Crippen molar-refractivity contribution < 1.29 is 14.3 Å². The Morgan fingerprint density at radius 3 is 2.71 bits per heavy atom. The Labute approximate surface area is 141 Å². The largest absolute Gasteiger partial charge is 0.504 e. The van der Waals surface area contributed by atoms with Gasteiger partial charge in [0.25, 0.3) is 0 Å². The first kappa shape index (κ1) is 16.1. The number of phenolic OH excluding ortho intramolecular Hbond substituents is 1. The lowest BCUT2D eigenvalue weighted by molar-refractivity contribution is 0.373. The molecule has 24 heavy (non-hydrogen) atoms. The molecular formula is C20H21NO3. The van der Waals surface area contributed by atoms with Crippen molar-refractivity contribution in [1.82, 2.24) is 4.98 Å². The molecule has 0 radical (unpaired) electrons. The van der Waals surface area contributed by atoms with Crippen molar-refractivity contribution >= 4 is 0 Å². The summed E-state index contributed by atoms with van der Waals surface area (Å²) < 4.78 is 10.6. The van der Waals surface area contributed by atoms with Gasteiger partial charge in [0.05, 0.1) is 12.8 Å². The number of hydrogen-bond donors (Lipinski definition) is 1. The van der Waals surface area contributed by atoms with E-state index in [2.05, 4.69) is 36.2 Å². The molecule has 0 saturated carbocycles. The van der Waals surface area contributed by atoms with E-state index < -0.39 is 0 Å². The van der Waals surface area contributed by atoms with Crippen molar-refractivity contribution in [3.8, 4) is 23.0 Å². The monoisotopic (exact) mass is 323 g/mol. The molecule has 3 aromatic rings. The molecule has 2 aromatic carbocycles. The van der Waals surface area contributed by atoms with Gasteiger partial charge in [0, 0.05) is 5.56 Å². The van der Waals surface area contributed by atoms with Crippen molar-refractivity contribution in [2.75, 3.05) is 7.11 Å². The number of ether oxygens (including phenoxy) is 1. The van der Waals surface area contributed by atoms with Crippen LogP contribution in [0.4, 0.5) is 0 Å². The highest BCUT2D eigenvalue weighted by Crippen LogP contribution is 2.31. The zero-order valence-corrected chi connectivity index (χ0v) is 14.0. The fraction of sp³-hybridized carbons (Fsp3) is 0.250. The van der Waals surface area contributed by atoms with Crippen LogP contribution in [0.5, 0.6) is 11.5 Å². The standard InChI is InChI=1S/C20H21NO3/c1-14-6-3-4-7-15(14)8-5-9-17-13-24-20(21-17)16-10-11-19(23-2)18(22)12-16/h3-4,6-7,10-13,22H,5,8-9H2,1-2H3. The summed E-state index contributed by atoms with van der Waals surface area (Å²) >= 11 is 0. The van der Waals surface area contributed by atoms with Crippen LogP contribution >= 0.6 is 0 Å². The molecule has 4 heteroatoms. The van der Waals surface area contributed by atoms with E-state index in [9.17, 15) is 5.11 Å². The fourth-order valence-corrected chi connectivity index (χ4v) is 2.73. The molecule has 0 unspecified atom stereocenters. The molecule has 1 N–H and O–H groups in total. The van der Waals surface area contributed by atoms with E-state index in [1.54, 1.807) is 18.4 Å². The lowest BCUT2D eigenvalue weighted by Gasteiger charge is -2.04. The van der Waals surface area contributed by atoms with E-state index in [1.807, 2.05) is 6.07 Å². The summed E-state index contributed by atoms with van der Waals surface area (Å²) in [5.74, 6) is 1.02. The number of phenols is 1. The normalized spacial score (nSPS) is 10.8. The number of methoxy groups -OCH3 is 1. The summed E-state index contributed by atoms with van der Waals surface area (Å²) in [6.45, 7) is 2.14. The van der Waals surface area contributed by atoms with Crippen LogP contribution in [0.25, 0.3) is 11.5 Å². The van der Waals surface area contributed by atoms with E-state index in [1.165, 1.54) is 18.2 Å². The third-order valence-electron chi connectivity index (χ3n) is 4.12. The van der Waals surface area contributed by atoms with Crippen molar-refractivity contribution in [1.29, 1.82) is 0 Å². The van der Waals surface area contributed by atoms with Gasteiger partial charge >= 0.3 is 0 Å². The lowest BCUT2D eigenvalue weighted by atomic mass is 10.0. The maximum Gasteiger partial charge on any atom is 0.226 e. The molecule has 0 aliphatic rings. The van der Waals surface area contributed by atoms with Gasteiger partial charge in [0.1, 0.15) is 6.26 Å². The minimum atomic E-state index is 0.0781. The van der Waals surface area contributed by atoms with Gasteiger partial charge in [-0.15, -0.1) is 0 Å². The predicted molar refractivity (Wildman–Crippen MR) is 93.4 cm³/mol. The maximum atomic E-state index is 9.86. The van der Waals surface area contributed by atoms with E-state index in [4.69, 9.17) is 9.15 Å². The molecular weight excluding hydrogens is 302 g/mol. The van der Waals surface area contributed by atoms with E-state index in [-0.39, 0.29) is 5.75 Å². The second-order valence-electron chi connectivity index (χ2n) is 5.81. The van der Waals surface area contributed by atoms with Crippen LogP contribution in [0.3, 0.4) is 0 Å². The van der Waals surface area contributed by atoms with Gasteiger partial charge in [-0.25, -0.2) is 4.98 Å². The number of aromatic nitrogens is 1. The summed E-state index contributed by atoms with van der Waals surface area (Å²) in [5.41, 5.74) is 4.36. The lowest BCUT2D eigenvalue weighted by Crippen LogP contribution is -1.93. The van der Waals surface area contributed by atoms with Gasteiger partial charge in [-0.1, -0.05) is 24.3 Å². The predicted octanol–water partition coefficient (Wildman–Crippen LogP) is 4.54. The van der Waals surface area contributed by atoms with Gasteiger partial charge in [0.15, 0.2) is 11.5 Å². The molecule has 1 aromatic heterocycles. The van der Waals surface area contributed by atoms with Crippen LogP contribution < -0.4 is 4.74 Å². The molecule has 4 nitrogen and oxygen atoms in total. The summed E-state index contributed by atoms with van der Waals surface area (Å²) in [7, 11) is 1.52. The zero-order valence-electron chi connectivity index (χ0n) is 14.0. The molecule has 0 saturated heterocycles. The summed E-state index contributed by atoms with van der Waals surface area (Å²) in [5, 5.41) is 9.86. The smallest absolute Gasteiger partial charge is 0.226 e. The summed E-state index contributed by atoms with van der Waals surface area (Å²) in [4.78, 5) is 4.51. The molecule has 0 fully saturated rings. The molecule has 1 heterocycles. The van der Waals surface area contributed by atoms with Crippen LogP contribution in [0.1, 0.15) is 23.2 Å². The number of aromatic hydroxyl groups is 1. The van der Waals surface area contributed by atoms with Crippen LogP contribution in [0.15, 0.2) is 53.1 Å². The van der Waals surface area contributed by atoms with Crippen LogP contribution in [-0.4, -0.2) is 17.2 Å². The number of nitrogens with zero attached hydrogens (tertiary/aromatic N) is 1. The highest BCUT2D eigenvalue weighted by molar-refractivity contribution is 5.59. The van der Waals surface area contributed by atoms with Gasteiger partial charge in [-0.2, -0.15) is 0 Å². The Morgan fingerprint density at radius 1 is 1.12 bits per heavy atom. The zero-order chi connectivity index (χ0) is 16.9. The Morgan fingerprint density at radius 2 is 1.96 bits per heavy atom.